The molecule has 0 aromatic carbocycles. The third kappa shape index (κ3) is 4.94. The van der Waals surface area contributed by atoms with E-state index in [1.165, 1.54) is 0 Å². The van der Waals surface area contributed by atoms with Gasteiger partial charge in [-0.25, -0.2) is 0 Å². The highest BCUT2D eigenvalue weighted by Gasteiger charge is 2.06. The first kappa shape index (κ1) is 13.5. The molecule has 1 heterocycles. The molecule has 4 heteroatoms. The van der Waals surface area contributed by atoms with Crippen LogP contribution in [-0.4, -0.2) is 16.5 Å². The zero-order chi connectivity index (χ0) is 11.8. The lowest BCUT2D eigenvalue weighted by atomic mass is 10.4. The smallest absolute Gasteiger partial charge is 0.118 e. The van der Waals surface area contributed by atoms with Crippen molar-refractivity contribution >= 4 is 10.8 Å². The molecule has 0 saturated heterocycles. The summed E-state index contributed by atoms with van der Waals surface area (Å²) in [6, 6.07) is 3.88. The fraction of sp³-hybridized carbons (Fsp3) is 0.667. The van der Waals surface area contributed by atoms with Crippen LogP contribution in [0.15, 0.2) is 16.5 Å². The molecular weight excluding hydrogens is 222 g/mol. The molecule has 1 N–H and O–H groups in total. The molecule has 0 aliphatic rings. The second-order valence-electron chi connectivity index (χ2n) is 3.79. The second-order valence-corrected chi connectivity index (χ2v) is 5.37. The van der Waals surface area contributed by atoms with E-state index in [2.05, 4.69) is 19.2 Å². The Morgan fingerprint density at radius 1 is 1.31 bits per heavy atom. The Balaban J connectivity index is 2.36. The SMILES string of the molecule is CCCCS(=O)Cc1ccc(CNCC)o1. The topological polar surface area (TPSA) is 42.2 Å². The quantitative estimate of drug-likeness (QED) is 0.762. The van der Waals surface area contributed by atoms with Crippen molar-refractivity contribution in [2.45, 2.75) is 39.0 Å². The number of hydrogen-bond acceptors (Lipinski definition) is 3. The molecule has 16 heavy (non-hydrogen) atoms. The Bertz CT molecular complexity index is 323. The van der Waals surface area contributed by atoms with E-state index in [0.717, 1.165) is 43.2 Å². The van der Waals surface area contributed by atoms with Gasteiger partial charge in [-0.15, -0.1) is 0 Å². The first-order valence-corrected chi connectivity index (χ1v) is 7.38. The largest absolute Gasteiger partial charge is 0.464 e. The lowest BCUT2D eigenvalue weighted by Crippen LogP contribution is -2.10. The molecule has 0 spiro atoms. The van der Waals surface area contributed by atoms with Gasteiger partial charge in [0.25, 0.3) is 0 Å². The van der Waals surface area contributed by atoms with Crippen LogP contribution in [0.4, 0.5) is 0 Å². The highest BCUT2D eigenvalue weighted by Crippen LogP contribution is 2.10. The van der Waals surface area contributed by atoms with Crippen LogP contribution in [-0.2, 0) is 23.1 Å². The van der Waals surface area contributed by atoms with Gasteiger partial charge in [0.2, 0.25) is 0 Å². The molecule has 0 aliphatic heterocycles. The maximum atomic E-state index is 11.6. The molecule has 1 atom stereocenters. The van der Waals surface area contributed by atoms with E-state index >= 15 is 0 Å². The summed E-state index contributed by atoms with van der Waals surface area (Å²) in [6.45, 7) is 5.85. The summed E-state index contributed by atoms with van der Waals surface area (Å²) >= 11 is 0. The van der Waals surface area contributed by atoms with Crippen molar-refractivity contribution in [2.75, 3.05) is 12.3 Å². The maximum absolute atomic E-state index is 11.6. The van der Waals surface area contributed by atoms with Crippen LogP contribution < -0.4 is 5.32 Å². The average Bonchev–Trinajstić information content (AvgIpc) is 2.71. The molecule has 3 nitrogen and oxygen atoms in total. The van der Waals surface area contributed by atoms with Crippen molar-refractivity contribution in [3.63, 3.8) is 0 Å². The second kappa shape index (κ2) is 7.63. The first-order valence-electron chi connectivity index (χ1n) is 5.89. The molecular formula is C12H21NO2S. The standard InChI is InChI=1S/C12H21NO2S/c1-3-5-8-16(14)10-12-7-6-11(15-12)9-13-4-2/h6-7,13H,3-5,8-10H2,1-2H3. The summed E-state index contributed by atoms with van der Waals surface area (Å²) in [5, 5.41) is 3.20. The molecule has 1 unspecified atom stereocenters. The van der Waals surface area contributed by atoms with Crippen LogP contribution in [0.2, 0.25) is 0 Å². The lowest BCUT2D eigenvalue weighted by molar-refractivity contribution is 0.461. The van der Waals surface area contributed by atoms with Crippen LogP contribution in [0, 0.1) is 0 Å². The molecule has 0 radical (unpaired) electrons. The molecule has 0 saturated carbocycles. The van der Waals surface area contributed by atoms with Crippen molar-refractivity contribution in [1.82, 2.24) is 5.32 Å². The van der Waals surface area contributed by atoms with Crippen LogP contribution in [0.3, 0.4) is 0 Å². The normalized spacial score (nSPS) is 12.9. The van der Waals surface area contributed by atoms with E-state index in [4.69, 9.17) is 4.42 Å². The Hall–Kier alpha value is -0.610. The fourth-order valence-electron chi connectivity index (χ4n) is 1.38. The Kier molecular flexibility index (Phi) is 6.42. The van der Waals surface area contributed by atoms with Crippen LogP contribution in [0.5, 0.6) is 0 Å². The highest BCUT2D eigenvalue weighted by molar-refractivity contribution is 7.84. The predicted molar refractivity (Wildman–Crippen MR) is 67.7 cm³/mol. The van der Waals surface area contributed by atoms with Crippen molar-refractivity contribution in [3.8, 4) is 0 Å². The monoisotopic (exact) mass is 243 g/mol. The van der Waals surface area contributed by atoms with Crippen molar-refractivity contribution in [2.24, 2.45) is 0 Å². The summed E-state index contributed by atoms with van der Waals surface area (Å²) in [5.41, 5.74) is 0. The van der Waals surface area contributed by atoms with Gasteiger partial charge in [-0.1, -0.05) is 20.3 Å². The predicted octanol–water partition coefficient (Wildman–Crippen LogP) is 2.44. The van der Waals surface area contributed by atoms with Gasteiger partial charge in [-0.05, 0) is 25.1 Å². The Morgan fingerprint density at radius 3 is 2.75 bits per heavy atom. The fourth-order valence-corrected chi connectivity index (χ4v) is 2.61. The Morgan fingerprint density at radius 2 is 2.06 bits per heavy atom. The summed E-state index contributed by atoms with van der Waals surface area (Å²) in [5.74, 6) is 3.08. The van der Waals surface area contributed by atoms with E-state index in [-0.39, 0.29) is 0 Å². The number of furan rings is 1. The van der Waals surface area contributed by atoms with Crippen LogP contribution in [0.1, 0.15) is 38.2 Å². The summed E-state index contributed by atoms with van der Waals surface area (Å²) in [4.78, 5) is 0. The van der Waals surface area contributed by atoms with Crippen molar-refractivity contribution in [1.29, 1.82) is 0 Å². The summed E-state index contributed by atoms with van der Waals surface area (Å²) < 4.78 is 17.2. The number of unbranched alkanes of at least 4 members (excludes halogenated alkanes) is 1. The number of hydrogen-bond donors (Lipinski definition) is 1. The molecule has 1 aromatic heterocycles. The molecule has 0 aliphatic carbocycles. The van der Waals surface area contributed by atoms with Gasteiger partial charge in [0.05, 0.1) is 12.3 Å². The van der Waals surface area contributed by atoms with Crippen molar-refractivity contribution in [3.05, 3.63) is 23.7 Å². The minimum atomic E-state index is -0.777. The summed E-state index contributed by atoms with van der Waals surface area (Å²) in [6.07, 6.45) is 2.12. The average molecular weight is 243 g/mol. The third-order valence-electron chi connectivity index (χ3n) is 2.30. The van der Waals surface area contributed by atoms with E-state index < -0.39 is 10.8 Å². The Labute approximate surface area is 100 Å². The minimum absolute atomic E-state index is 0.548. The molecule has 1 aromatic rings. The van der Waals surface area contributed by atoms with E-state index in [1.54, 1.807) is 0 Å². The van der Waals surface area contributed by atoms with E-state index in [0.29, 0.717) is 5.75 Å². The van der Waals surface area contributed by atoms with E-state index in [9.17, 15) is 4.21 Å². The zero-order valence-corrected chi connectivity index (χ0v) is 10.9. The highest BCUT2D eigenvalue weighted by atomic mass is 32.2. The number of rotatable bonds is 8. The number of nitrogens with one attached hydrogen (secondary N) is 1. The molecule has 0 bridgehead atoms. The molecule has 1 rings (SSSR count). The van der Waals surface area contributed by atoms with Gasteiger partial charge in [0.1, 0.15) is 11.5 Å². The lowest BCUT2D eigenvalue weighted by Gasteiger charge is -1.99. The van der Waals surface area contributed by atoms with Gasteiger partial charge in [-0.2, -0.15) is 0 Å². The van der Waals surface area contributed by atoms with Gasteiger partial charge >= 0.3 is 0 Å². The van der Waals surface area contributed by atoms with E-state index in [1.807, 2.05) is 12.1 Å². The van der Waals surface area contributed by atoms with Gasteiger partial charge in [-0.3, -0.25) is 4.21 Å². The first-order chi connectivity index (χ1) is 7.76. The van der Waals surface area contributed by atoms with Gasteiger partial charge in [0.15, 0.2) is 0 Å². The van der Waals surface area contributed by atoms with Gasteiger partial charge < -0.3 is 9.73 Å². The molecule has 0 fully saturated rings. The van der Waals surface area contributed by atoms with Crippen LogP contribution in [0.25, 0.3) is 0 Å². The van der Waals surface area contributed by atoms with Crippen molar-refractivity contribution < 1.29 is 8.63 Å². The van der Waals surface area contributed by atoms with Gasteiger partial charge in [0, 0.05) is 16.6 Å². The molecule has 0 amide bonds. The van der Waals surface area contributed by atoms with Crippen LogP contribution >= 0.6 is 0 Å². The zero-order valence-electron chi connectivity index (χ0n) is 10.1. The molecule has 92 valence electrons. The third-order valence-corrected chi connectivity index (χ3v) is 3.65. The minimum Gasteiger partial charge on any atom is -0.464 e. The summed E-state index contributed by atoms with van der Waals surface area (Å²) in [7, 11) is -0.777. The maximum Gasteiger partial charge on any atom is 0.118 e.